The molecule has 1 atom stereocenters. The van der Waals surface area contributed by atoms with Gasteiger partial charge in [-0.15, -0.1) is 0 Å². The number of unbranched alkanes of at least 4 members (excludes halogenated alkanes) is 2. The molecule has 182 valence electrons. The molecule has 0 bridgehead atoms. The summed E-state index contributed by atoms with van der Waals surface area (Å²) in [6.45, 7) is 8.41. The summed E-state index contributed by atoms with van der Waals surface area (Å²) in [5.74, 6) is 0. The van der Waals surface area contributed by atoms with Crippen LogP contribution in [0.15, 0.2) is 53.4 Å². The van der Waals surface area contributed by atoms with Crippen LogP contribution in [0.25, 0.3) is 0 Å². The molecule has 0 aliphatic carbocycles. The zero-order valence-electron chi connectivity index (χ0n) is 19.7. The van der Waals surface area contributed by atoms with Gasteiger partial charge in [-0.1, -0.05) is 44.4 Å². The van der Waals surface area contributed by atoms with Gasteiger partial charge in [0.25, 0.3) is 15.7 Å². The Bertz CT molecular complexity index is 970. The van der Waals surface area contributed by atoms with Crippen molar-refractivity contribution >= 4 is 21.4 Å². The van der Waals surface area contributed by atoms with Gasteiger partial charge >= 0.3 is 0 Å². The quantitative estimate of drug-likeness (QED) is 0.321. The van der Waals surface area contributed by atoms with Crippen LogP contribution < -0.4 is 9.21 Å². The lowest BCUT2D eigenvalue weighted by molar-refractivity contribution is -0.903. The highest BCUT2D eigenvalue weighted by molar-refractivity contribution is 7.92. The van der Waals surface area contributed by atoms with Crippen molar-refractivity contribution in [1.82, 2.24) is 0 Å². The van der Waals surface area contributed by atoms with Crippen molar-refractivity contribution in [3.05, 3.63) is 64.2 Å². The second kappa shape index (κ2) is 12.7. The summed E-state index contributed by atoms with van der Waals surface area (Å²) in [7, 11) is -4.03. The Kier molecular flexibility index (Phi) is 10.3. The van der Waals surface area contributed by atoms with Gasteiger partial charge < -0.3 is 10.0 Å². The van der Waals surface area contributed by atoms with Gasteiger partial charge in [-0.3, -0.25) is 14.4 Å². The van der Waals surface area contributed by atoms with E-state index in [4.69, 9.17) is 0 Å². The second-order valence-corrected chi connectivity index (χ2v) is 10.3. The third kappa shape index (κ3) is 7.80. The highest BCUT2D eigenvalue weighted by Crippen LogP contribution is 2.25. The monoisotopic (exact) mass is 478 g/mol. The first-order valence-corrected chi connectivity index (χ1v) is 13.0. The van der Waals surface area contributed by atoms with E-state index in [-0.39, 0.29) is 17.1 Å². The molecule has 33 heavy (non-hydrogen) atoms. The number of hydrogen-bond acceptors (Lipinski definition) is 5. The molecule has 0 spiro atoms. The summed E-state index contributed by atoms with van der Waals surface area (Å²) >= 11 is 0. The van der Waals surface area contributed by atoms with Crippen molar-refractivity contribution in [3.63, 3.8) is 0 Å². The van der Waals surface area contributed by atoms with Crippen LogP contribution in [0.4, 0.5) is 11.4 Å². The number of rotatable bonds is 14. The first-order chi connectivity index (χ1) is 15.7. The van der Waals surface area contributed by atoms with E-state index in [1.807, 2.05) is 19.1 Å². The Morgan fingerprint density at radius 3 is 2.03 bits per heavy atom. The fraction of sp³-hybridized carbons (Fsp3) is 0.500. The van der Waals surface area contributed by atoms with Crippen LogP contribution in [-0.4, -0.2) is 50.7 Å². The van der Waals surface area contributed by atoms with Gasteiger partial charge in [0.1, 0.15) is 12.6 Å². The lowest BCUT2D eigenvalue weighted by Gasteiger charge is -2.29. The van der Waals surface area contributed by atoms with Crippen molar-refractivity contribution < 1.29 is 23.3 Å². The summed E-state index contributed by atoms with van der Waals surface area (Å²) in [4.78, 5) is 11.6. The van der Waals surface area contributed by atoms with E-state index in [9.17, 15) is 23.6 Å². The molecule has 0 aromatic heterocycles. The lowest BCUT2D eigenvalue weighted by Crippen LogP contribution is -3.13. The normalized spacial score (nSPS) is 12.6. The van der Waals surface area contributed by atoms with E-state index in [2.05, 4.69) is 13.8 Å². The van der Waals surface area contributed by atoms with Crippen LogP contribution in [0.5, 0.6) is 0 Å². The molecule has 0 amide bonds. The molecule has 0 aliphatic rings. The summed E-state index contributed by atoms with van der Waals surface area (Å²) < 4.78 is 28.2. The van der Waals surface area contributed by atoms with E-state index < -0.39 is 21.1 Å². The first kappa shape index (κ1) is 26.8. The number of aliphatic hydroxyl groups excluding tert-OH is 1. The number of sulfonamides is 1. The van der Waals surface area contributed by atoms with Gasteiger partial charge in [0.15, 0.2) is 0 Å². The van der Waals surface area contributed by atoms with E-state index in [0.29, 0.717) is 12.2 Å². The highest BCUT2D eigenvalue weighted by Gasteiger charge is 2.29. The summed E-state index contributed by atoms with van der Waals surface area (Å²) in [6, 6.07) is 11.9. The van der Waals surface area contributed by atoms with Crippen molar-refractivity contribution in [1.29, 1.82) is 0 Å². The molecule has 1 unspecified atom stereocenters. The number of anilines is 1. The van der Waals surface area contributed by atoms with E-state index in [0.717, 1.165) is 44.3 Å². The average molecular weight is 479 g/mol. The first-order valence-electron chi connectivity index (χ1n) is 11.5. The fourth-order valence-electron chi connectivity index (χ4n) is 3.69. The summed E-state index contributed by atoms with van der Waals surface area (Å²) in [5, 5.41) is 21.9. The van der Waals surface area contributed by atoms with Gasteiger partial charge in [-0.05, 0) is 44.0 Å². The average Bonchev–Trinajstić information content (AvgIpc) is 2.80. The third-order valence-electron chi connectivity index (χ3n) is 5.63. The number of hydrogen-bond donors (Lipinski definition) is 2. The van der Waals surface area contributed by atoms with E-state index in [1.165, 1.54) is 33.5 Å². The number of non-ortho nitro benzene ring substituents is 1. The number of nitro groups is 1. The van der Waals surface area contributed by atoms with Crippen molar-refractivity contribution in [2.75, 3.05) is 30.5 Å². The predicted molar refractivity (Wildman–Crippen MR) is 130 cm³/mol. The maximum atomic E-state index is 13.5. The Morgan fingerprint density at radius 1 is 1.00 bits per heavy atom. The van der Waals surface area contributed by atoms with Crippen molar-refractivity contribution in [2.45, 2.75) is 57.5 Å². The molecule has 0 saturated heterocycles. The molecular weight excluding hydrogens is 442 g/mol. The molecule has 0 heterocycles. The third-order valence-corrected chi connectivity index (χ3v) is 7.43. The topological polar surface area (TPSA) is 105 Å². The highest BCUT2D eigenvalue weighted by atomic mass is 32.2. The lowest BCUT2D eigenvalue weighted by atomic mass is 10.2. The van der Waals surface area contributed by atoms with Crippen molar-refractivity contribution in [3.8, 4) is 0 Å². The van der Waals surface area contributed by atoms with E-state index in [1.54, 1.807) is 12.1 Å². The minimum atomic E-state index is -4.03. The number of benzene rings is 2. The van der Waals surface area contributed by atoms with Crippen LogP contribution in [0, 0.1) is 17.0 Å². The van der Waals surface area contributed by atoms with Crippen molar-refractivity contribution in [2.24, 2.45) is 0 Å². The van der Waals surface area contributed by atoms with Gasteiger partial charge in [-0.2, -0.15) is 0 Å². The van der Waals surface area contributed by atoms with Gasteiger partial charge in [-0.25, -0.2) is 8.42 Å². The van der Waals surface area contributed by atoms with E-state index >= 15 is 0 Å². The summed E-state index contributed by atoms with van der Waals surface area (Å²) in [5.41, 5.74) is 1.25. The largest absolute Gasteiger partial charge is 0.385 e. The van der Waals surface area contributed by atoms with Crippen LogP contribution in [0.2, 0.25) is 0 Å². The zero-order valence-corrected chi connectivity index (χ0v) is 20.6. The molecule has 0 saturated carbocycles. The molecule has 2 aromatic rings. The number of quaternary nitrogens is 1. The van der Waals surface area contributed by atoms with Gasteiger partial charge in [0.2, 0.25) is 0 Å². The van der Waals surface area contributed by atoms with Crippen LogP contribution in [0.3, 0.4) is 0 Å². The number of nitro benzene ring substituents is 1. The predicted octanol–water partition coefficient (Wildman–Crippen LogP) is 2.94. The molecule has 8 nitrogen and oxygen atoms in total. The number of aryl methyl sites for hydroxylation is 1. The molecule has 0 radical (unpaired) electrons. The maximum Gasteiger partial charge on any atom is 0.269 e. The Balaban J connectivity index is 2.31. The molecule has 2 aromatic carbocycles. The van der Waals surface area contributed by atoms with Gasteiger partial charge in [0.05, 0.1) is 35.1 Å². The Labute approximate surface area is 197 Å². The minimum Gasteiger partial charge on any atom is -0.385 e. The van der Waals surface area contributed by atoms with Crippen LogP contribution in [-0.2, 0) is 10.0 Å². The zero-order chi connectivity index (χ0) is 24.4. The fourth-order valence-corrected chi connectivity index (χ4v) is 5.19. The molecular formula is C24H36N3O5S+. The standard InChI is InChI=1S/C24H35N3O5S/c1-4-6-16-25(17-7-5-2)18-23(28)19-26(21-10-8-20(3)9-11-21)33(31,32)24-14-12-22(13-15-24)27(29)30/h8-15,23,28H,4-7,16-19H2,1-3H3/p+1. The molecule has 9 heteroatoms. The molecule has 0 fully saturated rings. The van der Waals surface area contributed by atoms with Crippen LogP contribution >= 0.6 is 0 Å². The number of nitrogens with zero attached hydrogens (tertiary/aromatic N) is 2. The van der Waals surface area contributed by atoms with Crippen LogP contribution in [0.1, 0.15) is 45.1 Å². The minimum absolute atomic E-state index is 0.0537. The Hall–Kier alpha value is -2.49. The smallest absolute Gasteiger partial charge is 0.269 e. The van der Waals surface area contributed by atoms with Gasteiger partial charge in [0, 0.05) is 12.1 Å². The molecule has 0 aliphatic heterocycles. The second-order valence-electron chi connectivity index (χ2n) is 8.44. The Morgan fingerprint density at radius 2 is 1.55 bits per heavy atom. The maximum absolute atomic E-state index is 13.5. The molecule has 2 N–H and O–H groups in total. The summed E-state index contributed by atoms with van der Waals surface area (Å²) in [6.07, 6.45) is 3.37. The number of aliphatic hydroxyl groups is 1. The SMILES string of the molecule is CCCC[NH+](CCCC)CC(O)CN(c1ccc(C)cc1)S(=O)(=O)c1ccc([N+](=O)[O-])cc1. The molecule has 2 rings (SSSR count). The number of nitrogens with one attached hydrogen (secondary N) is 1.